The molecule has 3 N–H and O–H groups in total. The minimum Gasteiger partial charge on any atom is -0.396 e. The second-order valence-electron chi connectivity index (χ2n) is 4.45. The Morgan fingerprint density at radius 1 is 1.41 bits per heavy atom. The summed E-state index contributed by atoms with van der Waals surface area (Å²) in [6.45, 7) is 0.624. The lowest BCUT2D eigenvalue weighted by Crippen LogP contribution is -2.35. The Hall–Kier alpha value is -1.26. The standard InChI is InChI=1S/C12H15ClN2O2/c13-9-3-1-2-4-10(9)15-11(17)14-7-12(8-16)5-6-12/h1-4,16H,5-8H2,(H2,14,15,17). The monoisotopic (exact) mass is 254 g/mol. The average molecular weight is 255 g/mol. The van der Waals surface area contributed by atoms with E-state index in [9.17, 15) is 4.79 Å². The highest BCUT2D eigenvalue weighted by Crippen LogP contribution is 2.44. The van der Waals surface area contributed by atoms with Crippen molar-refractivity contribution in [3.63, 3.8) is 0 Å². The van der Waals surface area contributed by atoms with E-state index >= 15 is 0 Å². The number of aliphatic hydroxyl groups is 1. The number of hydrogen-bond acceptors (Lipinski definition) is 2. The minimum absolute atomic E-state index is 0.0855. The minimum atomic E-state index is -0.294. The molecule has 1 aliphatic carbocycles. The fourth-order valence-electron chi connectivity index (χ4n) is 1.56. The van der Waals surface area contributed by atoms with Gasteiger partial charge in [0.25, 0.3) is 0 Å². The Morgan fingerprint density at radius 3 is 2.71 bits per heavy atom. The van der Waals surface area contributed by atoms with Crippen molar-refractivity contribution >= 4 is 23.3 Å². The van der Waals surface area contributed by atoms with Gasteiger partial charge in [0.05, 0.1) is 17.3 Å². The number of amides is 2. The molecule has 1 saturated carbocycles. The van der Waals surface area contributed by atoms with Crippen molar-refractivity contribution in [1.82, 2.24) is 5.32 Å². The molecule has 1 fully saturated rings. The summed E-state index contributed by atoms with van der Waals surface area (Å²) in [6.07, 6.45) is 1.94. The van der Waals surface area contributed by atoms with Crippen LogP contribution >= 0.6 is 11.6 Å². The number of carbonyl (C=O) groups excluding carboxylic acids is 1. The number of nitrogens with one attached hydrogen (secondary N) is 2. The van der Waals surface area contributed by atoms with Crippen LogP contribution in [0.1, 0.15) is 12.8 Å². The van der Waals surface area contributed by atoms with Crippen molar-refractivity contribution in [2.45, 2.75) is 12.8 Å². The molecule has 0 unspecified atom stereocenters. The van der Waals surface area contributed by atoms with Crippen molar-refractivity contribution < 1.29 is 9.90 Å². The number of hydrogen-bond donors (Lipinski definition) is 3. The van der Waals surface area contributed by atoms with Crippen molar-refractivity contribution in [1.29, 1.82) is 0 Å². The summed E-state index contributed by atoms with van der Waals surface area (Å²) in [7, 11) is 0. The zero-order valence-corrected chi connectivity index (χ0v) is 10.1. The molecule has 1 aliphatic rings. The first-order valence-corrected chi connectivity index (χ1v) is 5.93. The zero-order chi connectivity index (χ0) is 12.3. The molecule has 0 aliphatic heterocycles. The van der Waals surface area contributed by atoms with E-state index in [1.54, 1.807) is 24.3 Å². The lowest BCUT2D eigenvalue weighted by atomic mass is 10.1. The van der Waals surface area contributed by atoms with Crippen LogP contribution in [0, 0.1) is 5.41 Å². The van der Waals surface area contributed by atoms with Gasteiger partial charge >= 0.3 is 6.03 Å². The smallest absolute Gasteiger partial charge is 0.319 e. The molecule has 1 aromatic carbocycles. The van der Waals surface area contributed by atoms with Crippen LogP contribution in [-0.2, 0) is 0 Å². The van der Waals surface area contributed by atoms with Gasteiger partial charge in [0, 0.05) is 12.0 Å². The average Bonchev–Trinajstić information content (AvgIpc) is 3.10. The lowest BCUT2D eigenvalue weighted by Gasteiger charge is -2.13. The van der Waals surface area contributed by atoms with Crippen LogP contribution in [0.25, 0.3) is 0 Å². The Morgan fingerprint density at radius 2 is 2.12 bits per heavy atom. The number of para-hydroxylation sites is 1. The molecule has 2 rings (SSSR count). The predicted octanol–water partition coefficient (Wildman–Crippen LogP) is 2.23. The highest BCUT2D eigenvalue weighted by Gasteiger charge is 2.42. The SMILES string of the molecule is O=C(NCC1(CO)CC1)Nc1ccccc1Cl. The highest BCUT2D eigenvalue weighted by atomic mass is 35.5. The molecule has 0 atom stereocenters. The Kier molecular flexibility index (Phi) is 3.54. The molecule has 0 spiro atoms. The van der Waals surface area contributed by atoms with Gasteiger partial charge in [-0.3, -0.25) is 0 Å². The molecular weight excluding hydrogens is 240 g/mol. The molecule has 0 radical (unpaired) electrons. The highest BCUT2D eigenvalue weighted by molar-refractivity contribution is 6.33. The van der Waals surface area contributed by atoms with E-state index in [2.05, 4.69) is 10.6 Å². The first-order valence-electron chi connectivity index (χ1n) is 5.55. The first-order chi connectivity index (χ1) is 8.15. The van der Waals surface area contributed by atoms with Crippen LogP contribution in [0.3, 0.4) is 0 Å². The van der Waals surface area contributed by atoms with E-state index in [0.717, 1.165) is 12.8 Å². The van der Waals surface area contributed by atoms with E-state index in [0.29, 0.717) is 17.3 Å². The summed E-state index contributed by atoms with van der Waals surface area (Å²) in [5.74, 6) is 0. The predicted molar refractivity (Wildman–Crippen MR) is 67.2 cm³/mol. The van der Waals surface area contributed by atoms with Gasteiger partial charge in [0.1, 0.15) is 0 Å². The third kappa shape index (κ3) is 3.11. The molecule has 5 heteroatoms. The number of aliphatic hydroxyl groups excluding tert-OH is 1. The fraction of sp³-hybridized carbons (Fsp3) is 0.417. The number of rotatable bonds is 4. The third-order valence-electron chi connectivity index (χ3n) is 3.04. The maximum atomic E-state index is 11.6. The van der Waals surface area contributed by atoms with E-state index in [4.69, 9.17) is 16.7 Å². The topological polar surface area (TPSA) is 61.4 Å². The van der Waals surface area contributed by atoms with Crippen LogP contribution in [-0.4, -0.2) is 24.3 Å². The summed E-state index contributed by atoms with van der Waals surface area (Å²) in [4.78, 5) is 11.6. The van der Waals surface area contributed by atoms with Crippen molar-refractivity contribution in [2.24, 2.45) is 5.41 Å². The van der Waals surface area contributed by atoms with E-state index < -0.39 is 0 Å². The van der Waals surface area contributed by atoms with Gasteiger partial charge in [-0.15, -0.1) is 0 Å². The van der Waals surface area contributed by atoms with Gasteiger partial charge in [-0.2, -0.15) is 0 Å². The Bertz CT molecular complexity index is 419. The summed E-state index contributed by atoms with van der Waals surface area (Å²) in [5, 5.41) is 15.0. The van der Waals surface area contributed by atoms with E-state index in [1.165, 1.54) is 0 Å². The number of halogens is 1. The normalized spacial score (nSPS) is 16.4. The Balaban J connectivity index is 1.83. The largest absolute Gasteiger partial charge is 0.396 e. The maximum Gasteiger partial charge on any atom is 0.319 e. The summed E-state index contributed by atoms with van der Waals surface area (Å²) >= 11 is 5.92. The molecule has 1 aromatic rings. The summed E-state index contributed by atoms with van der Waals surface area (Å²) in [6, 6.07) is 6.76. The molecule has 17 heavy (non-hydrogen) atoms. The van der Waals surface area contributed by atoms with Gasteiger partial charge in [-0.05, 0) is 25.0 Å². The zero-order valence-electron chi connectivity index (χ0n) is 9.37. The molecule has 0 aromatic heterocycles. The number of urea groups is 1. The number of anilines is 1. The van der Waals surface area contributed by atoms with E-state index in [1.807, 2.05) is 0 Å². The summed E-state index contributed by atoms with van der Waals surface area (Å²) < 4.78 is 0. The first kappa shape index (κ1) is 12.2. The van der Waals surface area contributed by atoms with Gasteiger partial charge in [-0.25, -0.2) is 4.79 Å². The van der Waals surface area contributed by atoms with Crippen molar-refractivity contribution in [3.05, 3.63) is 29.3 Å². The van der Waals surface area contributed by atoms with Gasteiger partial charge in [0.2, 0.25) is 0 Å². The maximum absolute atomic E-state index is 11.6. The van der Waals surface area contributed by atoms with Crippen LogP contribution in [0.2, 0.25) is 5.02 Å². The van der Waals surface area contributed by atoms with Gasteiger partial charge in [0.15, 0.2) is 0 Å². The number of carbonyl (C=O) groups is 1. The van der Waals surface area contributed by atoms with E-state index in [-0.39, 0.29) is 18.1 Å². The van der Waals surface area contributed by atoms with Crippen molar-refractivity contribution in [2.75, 3.05) is 18.5 Å². The Labute approximate surface area is 105 Å². The molecule has 2 amide bonds. The summed E-state index contributed by atoms with van der Waals surface area (Å²) in [5.41, 5.74) is 0.498. The van der Waals surface area contributed by atoms with Crippen LogP contribution < -0.4 is 10.6 Å². The quantitative estimate of drug-likeness (QED) is 0.772. The second kappa shape index (κ2) is 4.94. The molecule has 4 nitrogen and oxygen atoms in total. The van der Waals surface area contributed by atoms with Gasteiger partial charge < -0.3 is 15.7 Å². The van der Waals surface area contributed by atoms with Crippen LogP contribution in [0.5, 0.6) is 0 Å². The lowest BCUT2D eigenvalue weighted by molar-refractivity contribution is 0.206. The molecule has 92 valence electrons. The third-order valence-corrected chi connectivity index (χ3v) is 3.37. The van der Waals surface area contributed by atoms with Crippen LogP contribution in [0.4, 0.5) is 10.5 Å². The molecule has 0 bridgehead atoms. The molecule has 0 saturated heterocycles. The van der Waals surface area contributed by atoms with Crippen LogP contribution in [0.15, 0.2) is 24.3 Å². The number of benzene rings is 1. The van der Waals surface area contributed by atoms with Crippen molar-refractivity contribution in [3.8, 4) is 0 Å². The second-order valence-corrected chi connectivity index (χ2v) is 4.85. The fourth-order valence-corrected chi connectivity index (χ4v) is 1.75. The molecule has 0 heterocycles. The van der Waals surface area contributed by atoms with Gasteiger partial charge in [-0.1, -0.05) is 23.7 Å². The molecular formula is C12H15ClN2O2.